The third-order valence-electron chi connectivity index (χ3n) is 3.11. The van der Waals surface area contributed by atoms with Gasteiger partial charge < -0.3 is 10.2 Å². The molecule has 1 atom stereocenters. The van der Waals surface area contributed by atoms with E-state index >= 15 is 0 Å². The number of rotatable bonds is 2. The number of benzene rings is 1. The first-order valence-corrected chi connectivity index (χ1v) is 5.81. The molecule has 1 saturated heterocycles. The van der Waals surface area contributed by atoms with Crippen LogP contribution in [0.15, 0.2) is 18.2 Å². The number of nitro benzene ring substituents is 1. The second-order valence-electron chi connectivity index (χ2n) is 4.53. The number of nitrogens with one attached hydrogen (secondary N) is 1. The van der Waals surface area contributed by atoms with E-state index in [-0.39, 0.29) is 10.6 Å². The van der Waals surface area contributed by atoms with Crippen LogP contribution in [0.3, 0.4) is 0 Å². The van der Waals surface area contributed by atoms with E-state index < -0.39 is 0 Å². The van der Waals surface area contributed by atoms with Gasteiger partial charge in [0.15, 0.2) is 0 Å². The van der Waals surface area contributed by atoms with E-state index in [1.54, 1.807) is 12.1 Å². The van der Waals surface area contributed by atoms with Gasteiger partial charge in [-0.05, 0) is 19.4 Å². The fourth-order valence-corrected chi connectivity index (χ4v) is 2.20. The van der Waals surface area contributed by atoms with Gasteiger partial charge >= 0.3 is 0 Å². The van der Waals surface area contributed by atoms with Crippen LogP contribution in [0.1, 0.15) is 12.5 Å². The summed E-state index contributed by atoms with van der Waals surface area (Å²) < 4.78 is 0. The van der Waals surface area contributed by atoms with E-state index in [0.29, 0.717) is 6.04 Å². The first kappa shape index (κ1) is 11.9. The lowest BCUT2D eigenvalue weighted by Crippen LogP contribution is -2.49. The summed E-state index contributed by atoms with van der Waals surface area (Å²) in [6.07, 6.45) is 0. The van der Waals surface area contributed by atoms with E-state index in [9.17, 15) is 10.1 Å². The monoisotopic (exact) mass is 235 g/mol. The molecule has 1 aliphatic heterocycles. The molecule has 1 aromatic carbocycles. The second kappa shape index (κ2) is 4.71. The molecular formula is C12H17N3O2. The van der Waals surface area contributed by atoms with Crippen LogP contribution in [0.5, 0.6) is 0 Å². The molecular weight excluding hydrogens is 218 g/mol. The summed E-state index contributed by atoms with van der Waals surface area (Å²) in [7, 11) is 0. The van der Waals surface area contributed by atoms with Gasteiger partial charge in [0.05, 0.1) is 4.92 Å². The van der Waals surface area contributed by atoms with Gasteiger partial charge in [-0.1, -0.05) is 6.07 Å². The summed E-state index contributed by atoms with van der Waals surface area (Å²) in [5.74, 6) is 0. The Hall–Kier alpha value is -1.62. The minimum absolute atomic E-state index is 0.164. The van der Waals surface area contributed by atoms with Crippen molar-refractivity contribution in [2.75, 3.05) is 24.5 Å². The number of hydrogen-bond donors (Lipinski definition) is 1. The van der Waals surface area contributed by atoms with E-state index in [1.165, 1.54) is 0 Å². The van der Waals surface area contributed by atoms with Gasteiger partial charge in [0.25, 0.3) is 5.69 Å². The van der Waals surface area contributed by atoms with Crippen LogP contribution in [-0.2, 0) is 0 Å². The van der Waals surface area contributed by atoms with E-state index in [4.69, 9.17) is 0 Å². The van der Waals surface area contributed by atoms with Crippen LogP contribution < -0.4 is 10.2 Å². The number of piperazine rings is 1. The number of aryl methyl sites for hydroxylation is 1. The van der Waals surface area contributed by atoms with E-state index in [0.717, 1.165) is 30.9 Å². The van der Waals surface area contributed by atoms with Crippen LogP contribution >= 0.6 is 0 Å². The second-order valence-corrected chi connectivity index (χ2v) is 4.53. The Morgan fingerprint density at radius 1 is 1.53 bits per heavy atom. The van der Waals surface area contributed by atoms with Crippen molar-refractivity contribution < 1.29 is 4.92 Å². The van der Waals surface area contributed by atoms with Gasteiger partial charge in [0.1, 0.15) is 0 Å². The molecule has 0 saturated carbocycles. The molecule has 0 unspecified atom stereocenters. The van der Waals surface area contributed by atoms with Crippen LogP contribution in [0.25, 0.3) is 0 Å². The Morgan fingerprint density at radius 2 is 2.29 bits per heavy atom. The maximum absolute atomic E-state index is 10.8. The molecule has 0 spiro atoms. The molecule has 2 rings (SSSR count). The van der Waals surface area contributed by atoms with Gasteiger partial charge in [-0.3, -0.25) is 10.1 Å². The molecule has 5 nitrogen and oxygen atoms in total. The lowest BCUT2D eigenvalue weighted by atomic mass is 10.1. The predicted molar refractivity (Wildman–Crippen MR) is 67.5 cm³/mol. The van der Waals surface area contributed by atoms with Crippen molar-refractivity contribution in [2.45, 2.75) is 19.9 Å². The molecule has 5 heteroatoms. The average molecular weight is 235 g/mol. The number of nitrogens with zero attached hydrogens (tertiary/aromatic N) is 2. The van der Waals surface area contributed by atoms with E-state index in [2.05, 4.69) is 17.1 Å². The van der Waals surface area contributed by atoms with Crippen LogP contribution in [-0.4, -0.2) is 30.6 Å². The molecule has 1 heterocycles. The summed E-state index contributed by atoms with van der Waals surface area (Å²) in [4.78, 5) is 12.7. The highest BCUT2D eigenvalue weighted by Crippen LogP contribution is 2.26. The maximum atomic E-state index is 10.8. The van der Waals surface area contributed by atoms with E-state index in [1.807, 2.05) is 13.0 Å². The molecule has 1 aliphatic rings. The highest BCUT2D eigenvalue weighted by atomic mass is 16.6. The highest BCUT2D eigenvalue weighted by Gasteiger charge is 2.19. The third kappa shape index (κ3) is 2.55. The normalized spacial score (nSPS) is 20.4. The Labute approximate surface area is 101 Å². The Balaban J connectivity index is 2.29. The highest BCUT2D eigenvalue weighted by molar-refractivity contribution is 5.59. The molecule has 0 aromatic heterocycles. The standard InChI is InChI=1S/C12H17N3O2/c1-9-3-4-11(15(16)17)7-12(9)14-6-5-13-10(2)8-14/h3-4,7,10,13H,5-6,8H2,1-2H3/t10-/m0/s1. The fourth-order valence-electron chi connectivity index (χ4n) is 2.20. The molecule has 0 amide bonds. The average Bonchev–Trinajstić information content (AvgIpc) is 2.29. The van der Waals surface area contributed by atoms with Crippen molar-refractivity contribution in [3.05, 3.63) is 33.9 Å². The van der Waals surface area contributed by atoms with Crippen molar-refractivity contribution in [2.24, 2.45) is 0 Å². The van der Waals surface area contributed by atoms with Crippen molar-refractivity contribution in [1.29, 1.82) is 0 Å². The molecule has 1 fully saturated rings. The minimum atomic E-state index is -0.339. The lowest BCUT2D eigenvalue weighted by Gasteiger charge is -2.34. The topological polar surface area (TPSA) is 58.4 Å². The summed E-state index contributed by atoms with van der Waals surface area (Å²) >= 11 is 0. The van der Waals surface area contributed by atoms with Gasteiger partial charge in [0.2, 0.25) is 0 Å². The molecule has 17 heavy (non-hydrogen) atoms. The zero-order chi connectivity index (χ0) is 12.4. The SMILES string of the molecule is Cc1ccc([N+](=O)[O-])cc1N1CCN[C@@H](C)C1. The van der Waals surface area contributed by atoms with Crippen molar-refractivity contribution in [3.63, 3.8) is 0 Å². The quantitative estimate of drug-likeness (QED) is 0.626. The van der Waals surface area contributed by atoms with Crippen LogP contribution in [0.2, 0.25) is 0 Å². The summed E-state index contributed by atoms with van der Waals surface area (Å²) in [5, 5.41) is 14.1. The minimum Gasteiger partial charge on any atom is -0.368 e. The Bertz CT molecular complexity index is 434. The number of nitro groups is 1. The summed E-state index contributed by atoms with van der Waals surface area (Å²) in [5.41, 5.74) is 2.23. The van der Waals surface area contributed by atoms with Gasteiger partial charge in [0, 0.05) is 43.5 Å². The van der Waals surface area contributed by atoms with Gasteiger partial charge in [-0.15, -0.1) is 0 Å². The molecule has 1 aromatic rings. The first-order chi connectivity index (χ1) is 8.08. The molecule has 0 radical (unpaired) electrons. The first-order valence-electron chi connectivity index (χ1n) is 5.81. The fraction of sp³-hybridized carbons (Fsp3) is 0.500. The zero-order valence-electron chi connectivity index (χ0n) is 10.1. The van der Waals surface area contributed by atoms with Crippen molar-refractivity contribution in [1.82, 2.24) is 5.32 Å². The number of anilines is 1. The summed E-state index contributed by atoms with van der Waals surface area (Å²) in [6.45, 7) is 6.82. The van der Waals surface area contributed by atoms with Gasteiger partial charge in [-0.25, -0.2) is 0 Å². The Morgan fingerprint density at radius 3 is 2.94 bits per heavy atom. The van der Waals surface area contributed by atoms with Crippen molar-refractivity contribution >= 4 is 11.4 Å². The molecule has 92 valence electrons. The molecule has 1 N–H and O–H groups in total. The van der Waals surface area contributed by atoms with Crippen LogP contribution in [0.4, 0.5) is 11.4 Å². The number of non-ortho nitro benzene ring substituents is 1. The van der Waals surface area contributed by atoms with Gasteiger partial charge in [-0.2, -0.15) is 0 Å². The van der Waals surface area contributed by atoms with Crippen molar-refractivity contribution in [3.8, 4) is 0 Å². The maximum Gasteiger partial charge on any atom is 0.271 e. The molecule has 0 bridgehead atoms. The zero-order valence-corrected chi connectivity index (χ0v) is 10.1. The lowest BCUT2D eigenvalue weighted by molar-refractivity contribution is -0.384. The predicted octanol–water partition coefficient (Wildman–Crippen LogP) is 1.70. The Kier molecular flexibility index (Phi) is 3.28. The van der Waals surface area contributed by atoms with Crippen LogP contribution in [0, 0.1) is 17.0 Å². The third-order valence-corrected chi connectivity index (χ3v) is 3.11. The number of hydrogen-bond acceptors (Lipinski definition) is 4. The smallest absolute Gasteiger partial charge is 0.271 e. The largest absolute Gasteiger partial charge is 0.368 e. The molecule has 0 aliphatic carbocycles. The summed E-state index contributed by atoms with van der Waals surface area (Å²) in [6, 6.07) is 5.47.